The highest BCUT2D eigenvalue weighted by molar-refractivity contribution is 7.89. The predicted molar refractivity (Wildman–Crippen MR) is 74.6 cm³/mol. The lowest BCUT2D eigenvalue weighted by Gasteiger charge is -2.17. The van der Waals surface area contributed by atoms with E-state index in [4.69, 9.17) is 17.3 Å². The summed E-state index contributed by atoms with van der Waals surface area (Å²) in [6.45, 7) is 3.52. The van der Waals surface area contributed by atoms with E-state index in [0.717, 1.165) is 9.87 Å². The lowest BCUT2D eigenvalue weighted by molar-refractivity contribution is -0.118. The zero-order chi connectivity index (χ0) is 14.8. The molecule has 0 aliphatic carbocycles. The molecular weight excluding hydrogens is 288 g/mol. The normalized spacial score (nSPS) is 12.1. The number of halogens is 1. The lowest BCUT2D eigenvalue weighted by atomic mass is 10.0. The van der Waals surface area contributed by atoms with Gasteiger partial charge in [-0.05, 0) is 23.6 Å². The van der Waals surface area contributed by atoms with Crippen LogP contribution in [0.4, 0.5) is 0 Å². The second-order valence-electron chi connectivity index (χ2n) is 4.57. The minimum atomic E-state index is -3.82. The molecule has 1 aromatic rings. The van der Waals surface area contributed by atoms with Gasteiger partial charge in [-0.3, -0.25) is 4.79 Å². The maximum absolute atomic E-state index is 12.3. The van der Waals surface area contributed by atoms with Gasteiger partial charge in [0.25, 0.3) is 0 Å². The number of benzene rings is 1. The second kappa shape index (κ2) is 5.90. The van der Waals surface area contributed by atoms with Crippen LogP contribution >= 0.6 is 11.6 Å². The molecule has 0 aliphatic heterocycles. The van der Waals surface area contributed by atoms with E-state index in [0.29, 0.717) is 0 Å². The highest BCUT2D eigenvalue weighted by Crippen LogP contribution is 2.27. The summed E-state index contributed by atoms with van der Waals surface area (Å²) in [4.78, 5) is 10.8. The first-order chi connectivity index (χ1) is 8.66. The van der Waals surface area contributed by atoms with Crippen molar-refractivity contribution in [1.82, 2.24) is 4.31 Å². The average molecular weight is 305 g/mol. The molecule has 5 nitrogen and oxygen atoms in total. The minimum absolute atomic E-state index is 0.0101. The van der Waals surface area contributed by atoms with Gasteiger partial charge in [-0.15, -0.1) is 0 Å². The van der Waals surface area contributed by atoms with Gasteiger partial charge in [0.1, 0.15) is 4.90 Å². The number of primary amides is 1. The first kappa shape index (κ1) is 15.9. The molecule has 2 N–H and O–H groups in total. The van der Waals surface area contributed by atoms with E-state index in [1.165, 1.54) is 13.1 Å². The molecule has 0 unspecified atom stereocenters. The van der Waals surface area contributed by atoms with Crippen molar-refractivity contribution in [3.63, 3.8) is 0 Å². The van der Waals surface area contributed by atoms with E-state index >= 15 is 0 Å². The van der Waals surface area contributed by atoms with Gasteiger partial charge < -0.3 is 5.73 Å². The molecule has 0 bridgehead atoms. The van der Waals surface area contributed by atoms with Crippen LogP contribution in [0.5, 0.6) is 0 Å². The maximum Gasteiger partial charge on any atom is 0.244 e. The minimum Gasteiger partial charge on any atom is -0.369 e. The van der Waals surface area contributed by atoms with Gasteiger partial charge >= 0.3 is 0 Å². The lowest BCUT2D eigenvalue weighted by Crippen LogP contribution is -2.35. The van der Waals surface area contributed by atoms with Crippen LogP contribution in [-0.4, -0.2) is 32.2 Å². The molecule has 106 valence electrons. The topological polar surface area (TPSA) is 80.5 Å². The first-order valence-electron chi connectivity index (χ1n) is 5.70. The predicted octanol–water partition coefficient (Wildman–Crippen LogP) is 1.57. The van der Waals surface area contributed by atoms with Crippen LogP contribution < -0.4 is 5.73 Å². The van der Waals surface area contributed by atoms with Crippen molar-refractivity contribution < 1.29 is 13.2 Å². The summed E-state index contributed by atoms with van der Waals surface area (Å²) in [5.74, 6) is -0.546. The second-order valence-corrected chi connectivity index (χ2v) is 6.99. The molecule has 0 atom stereocenters. The Balaban J connectivity index is 3.27. The van der Waals surface area contributed by atoms with Crippen molar-refractivity contribution >= 4 is 27.5 Å². The zero-order valence-electron chi connectivity index (χ0n) is 11.1. The Morgan fingerprint density at radius 3 is 2.47 bits per heavy atom. The zero-order valence-corrected chi connectivity index (χ0v) is 12.6. The largest absolute Gasteiger partial charge is 0.369 e. The number of rotatable bonds is 5. The van der Waals surface area contributed by atoms with E-state index < -0.39 is 15.9 Å². The Morgan fingerprint density at radius 1 is 1.42 bits per heavy atom. The van der Waals surface area contributed by atoms with Crippen LogP contribution in [0.2, 0.25) is 5.02 Å². The molecule has 0 saturated carbocycles. The summed E-state index contributed by atoms with van der Waals surface area (Å²) in [7, 11) is -2.53. The summed E-state index contributed by atoms with van der Waals surface area (Å²) in [6, 6.07) is 4.85. The van der Waals surface area contributed by atoms with Gasteiger partial charge in [0.2, 0.25) is 15.9 Å². The van der Waals surface area contributed by atoms with Gasteiger partial charge in [-0.1, -0.05) is 31.5 Å². The number of amides is 1. The van der Waals surface area contributed by atoms with Crippen molar-refractivity contribution in [2.24, 2.45) is 5.73 Å². The summed E-state index contributed by atoms with van der Waals surface area (Å²) >= 11 is 5.94. The van der Waals surface area contributed by atoms with Crippen molar-refractivity contribution in [3.05, 3.63) is 28.8 Å². The Hall–Kier alpha value is -1.11. The van der Waals surface area contributed by atoms with E-state index in [9.17, 15) is 13.2 Å². The first-order valence-corrected chi connectivity index (χ1v) is 7.52. The molecule has 0 aliphatic rings. The molecule has 7 heteroatoms. The van der Waals surface area contributed by atoms with Gasteiger partial charge in [0, 0.05) is 7.05 Å². The smallest absolute Gasteiger partial charge is 0.244 e. The molecule has 0 fully saturated rings. The molecule has 19 heavy (non-hydrogen) atoms. The number of nitrogens with two attached hydrogens (primary N) is 1. The van der Waals surface area contributed by atoms with Crippen LogP contribution in [0.15, 0.2) is 23.1 Å². The van der Waals surface area contributed by atoms with E-state index in [2.05, 4.69) is 0 Å². The molecule has 1 aromatic carbocycles. The van der Waals surface area contributed by atoms with Crippen molar-refractivity contribution in [2.45, 2.75) is 24.7 Å². The average Bonchev–Trinajstić information content (AvgIpc) is 2.27. The molecular formula is C12H17ClN2O3S. The molecule has 0 saturated heterocycles. The quantitative estimate of drug-likeness (QED) is 0.896. The van der Waals surface area contributed by atoms with Gasteiger partial charge in [-0.25, -0.2) is 8.42 Å². The van der Waals surface area contributed by atoms with Crippen LogP contribution in [0.25, 0.3) is 0 Å². The standard InChI is InChI=1S/C12H17ClN2O3S/c1-8(2)9-4-5-10(13)11(6-9)19(17,18)15(3)7-12(14)16/h4-6,8H,7H2,1-3H3,(H2,14,16). The van der Waals surface area contributed by atoms with Gasteiger partial charge in [-0.2, -0.15) is 4.31 Å². The van der Waals surface area contributed by atoms with Crippen molar-refractivity contribution in [2.75, 3.05) is 13.6 Å². The number of hydrogen-bond donors (Lipinski definition) is 1. The monoisotopic (exact) mass is 304 g/mol. The number of carbonyl (C=O) groups excluding carboxylic acids is 1. The molecule has 0 radical (unpaired) electrons. The maximum atomic E-state index is 12.3. The van der Waals surface area contributed by atoms with Crippen LogP contribution in [0.1, 0.15) is 25.3 Å². The summed E-state index contributed by atoms with van der Waals surface area (Å²) in [5, 5.41) is 0.126. The number of nitrogens with zero attached hydrogens (tertiary/aromatic N) is 1. The van der Waals surface area contributed by atoms with Gasteiger partial charge in [0.05, 0.1) is 11.6 Å². The molecule has 1 amide bonds. The van der Waals surface area contributed by atoms with Crippen molar-refractivity contribution in [3.8, 4) is 0 Å². The third kappa shape index (κ3) is 3.68. The van der Waals surface area contributed by atoms with Crippen molar-refractivity contribution in [1.29, 1.82) is 0 Å². The molecule has 0 heterocycles. The van der Waals surface area contributed by atoms with Crippen LogP contribution in [0.3, 0.4) is 0 Å². The number of sulfonamides is 1. The summed E-state index contributed by atoms with van der Waals surface area (Å²) in [5.41, 5.74) is 5.86. The fourth-order valence-corrected chi connectivity index (χ4v) is 3.19. The molecule has 0 spiro atoms. The molecule has 0 aromatic heterocycles. The van der Waals surface area contributed by atoms with E-state index in [1.54, 1.807) is 12.1 Å². The van der Waals surface area contributed by atoms with E-state index in [-0.39, 0.29) is 22.4 Å². The summed E-state index contributed by atoms with van der Waals surface area (Å²) in [6.07, 6.45) is 0. The third-order valence-corrected chi connectivity index (χ3v) is 4.97. The SMILES string of the molecule is CC(C)c1ccc(Cl)c(S(=O)(=O)N(C)CC(N)=O)c1. The Morgan fingerprint density at radius 2 is 2.00 bits per heavy atom. The number of carbonyl (C=O) groups is 1. The fraction of sp³-hybridized carbons (Fsp3) is 0.417. The fourth-order valence-electron chi connectivity index (χ4n) is 1.55. The van der Waals surface area contributed by atoms with Crippen LogP contribution in [0, 0.1) is 0 Å². The summed E-state index contributed by atoms with van der Waals surface area (Å²) < 4.78 is 25.5. The number of hydrogen-bond acceptors (Lipinski definition) is 3. The highest BCUT2D eigenvalue weighted by atomic mass is 35.5. The number of likely N-dealkylation sites (N-methyl/N-ethyl adjacent to an activating group) is 1. The van der Waals surface area contributed by atoms with Crippen LogP contribution in [-0.2, 0) is 14.8 Å². The highest BCUT2D eigenvalue weighted by Gasteiger charge is 2.25. The van der Waals surface area contributed by atoms with E-state index in [1.807, 2.05) is 13.8 Å². The Bertz CT molecular complexity index is 585. The Kier molecular flexibility index (Phi) is 4.95. The van der Waals surface area contributed by atoms with Gasteiger partial charge in [0.15, 0.2) is 0 Å². The third-order valence-electron chi connectivity index (χ3n) is 2.69. The Labute approximate surface area is 118 Å². The molecule has 1 rings (SSSR count).